The van der Waals surface area contributed by atoms with Crippen LogP contribution in [-0.2, 0) is 6.18 Å². The summed E-state index contributed by atoms with van der Waals surface area (Å²) in [6.07, 6.45) is -3.34. The monoisotopic (exact) mass is 291 g/mol. The first-order chi connectivity index (χ1) is 8.79. The average molecular weight is 292 g/mol. The van der Waals surface area contributed by atoms with Gasteiger partial charge in [-0.05, 0) is 19.1 Å². The summed E-state index contributed by atoms with van der Waals surface area (Å²) in [6, 6.07) is 2.20. The summed E-state index contributed by atoms with van der Waals surface area (Å²) >= 11 is 5.67. The van der Waals surface area contributed by atoms with Gasteiger partial charge in [-0.1, -0.05) is 11.6 Å². The number of aromatic nitrogens is 4. The van der Waals surface area contributed by atoms with Crippen molar-refractivity contribution >= 4 is 11.6 Å². The Bertz CT molecular complexity index is 576. The molecule has 0 radical (unpaired) electrons. The van der Waals surface area contributed by atoms with Crippen LogP contribution in [0, 0.1) is 0 Å². The Kier molecular flexibility index (Phi) is 3.46. The van der Waals surface area contributed by atoms with Crippen molar-refractivity contribution in [2.45, 2.75) is 19.1 Å². The Balaban J connectivity index is 2.55. The molecule has 0 fully saturated rings. The summed E-state index contributed by atoms with van der Waals surface area (Å²) in [4.78, 5) is 7.30. The molecule has 0 aliphatic carbocycles. The molecule has 0 unspecified atom stereocenters. The standard InChI is InChI=1S/C10H9ClF3N5/c1-5(15)8-17-9(10(12,13)14)18-19(8)7-3-2-6(11)4-16-7/h2-5H,15H2,1H3/t5-/m0/s1. The van der Waals surface area contributed by atoms with E-state index in [0.717, 1.165) is 4.68 Å². The van der Waals surface area contributed by atoms with E-state index in [2.05, 4.69) is 15.1 Å². The smallest absolute Gasteiger partial charge is 0.322 e. The molecule has 9 heteroatoms. The van der Waals surface area contributed by atoms with E-state index in [0.29, 0.717) is 5.02 Å². The minimum absolute atomic E-state index is 0.0258. The normalized spacial score (nSPS) is 13.6. The first kappa shape index (κ1) is 13.8. The third kappa shape index (κ3) is 2.85. The molecule has 5 nitrogen and oxygen atoms in total. The SMILES string of the molecule is C[C@H](N)c1nc(C(F)(F)F)nn1-c1ccc(Cl)cn1. The molecule has 19 heavy (non-hydrogen) atoms. The van der Waals surface area contributed by atoms with E-state index in [-0.39, 0.29) is 11.6 Å². The first-order valence-electron chi connectivity index (χ1n) is 5.20. The van der Waals surface area contributed by atoms with Gasteiger partial charge < -0.3 is 5.73 Å². The maximum atomic E-state index is 12.6. The minimum atomic E-state index is -4.64. The molecule has 0 aromatic carbocycles. The van der Waals surface area contributed by atoms with Crippen LogP contribution in [0.2, 0.25) is 5.02 Å². The van der Waals surface area contributed by atoms with Crippen molar-refractivity contribution in [3.05, 3.63) is 35.0 Å². The fourth-order valence-corrected chi connectivity index (χ4v) is 1.51. The van der Waals surface area contributed by atoms with E-state index >= 15 is 0 Å². The van der Waals surface area contributed by atoms with E-state index < -0.39 is 18.0 Å². The van der Waals surface area contributed by atoms with Crippen LogP contribution in [0.3, 0.4) is 0 Å². The zero-order valence-electron chi connectivity index (χ0n) is 9.69. The molecule has 0 saturated carbocycles. The third-order valence-corrected chi connectivity index (χ3v) is 2.45. The number of hydrogen-bond donors (Lipinski definition) is 1. The highest BCUT2D eigenvalue weighted by molar-refractivity contribution is 6.30. The largest absolute Gasteiger partial charge is 0.453 e. The highest BCUT2D eigenvalue weighted by atomic mass is 35.5. The highest BCUT2D eigenvalue weighted by Gasteiger charge is 2.37. The van der Waals surface area contributed by atoms with Crippen LogP contribution >= 0.6 is 11.6 Å². The lowest BCUT2D eigenvalue weighted by Crippen LogP contribution is -2.14. The second kappa shape index (κ2) is 4.78. The number of nitrogens with zero attached hydrogens (tertiary/aromatic N) is 4. The average Bonchev–Trinajstić information content (AvgIpc) is 2.74. The molecular weight excluding hydrogens is 283 g/mol. The second-order valence-electron chi connectivity index (χ2n) is 3.83. The van der Waals surface area contributed by atoms with Gasteiger partial charge in [-0.25, -0.2) is 9.97 Å². The van der Waals surface area contributed by atoms with Crippen LogP contribution in [0.1, 0.15) is 24.6 Å². The molecule has 0 bridgehead atoms. The Labute approximate surface area is 111 Å². The third-order valence-electron chi connectivity index (χ3n) is 2.22. The van der Waals surface area contributed by atoms with Gasteiger partial charge in [0.15, 0.2) is 11.6 Å². The highest BCUT2D eigenvalue weighted by Crippen LogP contribution is 2.28. The van der Waals surface area contributed by atoms with Crippen molar-refractivity contribution in [2.24, 2.45) is 5.73 Å². The number of hydrogen-bond acceptors (Lipinski definition) is 4. The number of alkyl halides is 3. The molecule has 0 aliphatic heterocycles. The Morgan fingerprint density at radius 1 is 1.37 bits per heavy atom. The van der Waals surface area contributed by atoms with Gasteiger partial charge in [0, 0.05) is 6.20 Å². The zero-order chi connectivity index (χ0) is 14.2. The van der Waals surface area contributed by atoms with E-state index in [9.17, 15) is 13.2 Å². The summed E-state index contributed by atoms with van der Waals surface area (Å²) < 4.78 is 38.8. The number of pyridine rings is 1. The van der Waals surface area contributed by atoms with Crippen molar-refractivity contribution in [1.82, 2.24) is 19.7 Å². The number of nitrogens with two attached hydrogens (primary N) is 1. The topological polar surface area (TPSA) is 69.6 Å². The summed E-state index contributed by atoms with van der Waals surface area (Å²) in [5.41, 5.74) is 5.59. The molecule has 102 valence electrons. The second-order valence-corrected chi connectivity index (χ2v) is 4.26. The fourth-order valence-electron chi connectivity index (χ4n) is 1.40. The van der Waals surface area contributed by atoms with Crippen molar-refractivity contribution in [3.8, 4) is 5.82 Å². The van der Waals surface area contributed by atoms with Gasteiger partial charge in [0.05, 0.1) is 11.1 Å². The van der Waals surface area contributed by atoms with Gasteiger partial charge in [-0.2, -0.15) is 17.9 Å². The van der Waals surface area contributed by atoms with E-state index in [4.69, 9.17) is 17.3 Å². The van der Waals surface area contributed by atoms with E-state index in [1.54, 1.807) is 0 Å². The number of halogens is 4. The summed E-state index contributed by atoms with van der Waals surface area (Å²) in [6.45, 7) is 1.51. The Morgan fingerprint density at radius 2 is 2.05 bits per heavy atom. The molecule has 0 amide bonds. The van der Waals surface area contributed by atoms with Crippen LogP contribution in [0.5, 0.6) is 0 Å². The van der Waals surface area contributed by atoms with Crippen LogP contribution < -0.4 is 5.73 Å². The van der Waals surface area contributed by atoms with Crippen LogP contribution in [-0.4, -0.2) is 19.7 Å². The van der Waals surface area contributed by atoms with Crippen molar-refractivity contribution < 1.29 is 13.2 Å². The van der Waals surface area contributed by atoms with E-state index in [1.165, 1.54) is 25.3 Å². The lowest BCUT2D eigenvalue weighted by atomic mass is 10.3. The summed E-state index contributed by atoms with van der Waals surface area (Å²) in [5, 5.41) is 3.76. The molecule has 2 rings (SSSR count). The molecule has 2 aromatic rings. The van der Waals surface area contributed by atoms with Gasteiger partial charge in [0.2, 0.25) is 0 Å². The molecule has 2 aromatic heterocycles. The molecule has 0 aliphatic rings. The maximum Gasteiger partial charge on any atom is 0.453 e. The van der Waals surface area contributed by atoms with Crippen molar-refractivity contribution in [3.63, 3.8) is 0 Å². The van der Waals surface area contributed by atoms with Gasteiger partial charge in [0.1, 0.15) is 0 Å². The predicted octanol–water partition coefficient (Wildman–Crippen LogP) is 2.35. The van der Waals surface area contributed by atoms with Gasteiger partial charge in [-0.15, -0.1) is 5.10 Å². The zero-order valence-corrected chi connectivity index (χ0v) is 10.4. The maximum absolute atomic E-state index is 12.6. The van der Waals surface area contributed by atoms with Crippen LogP contribution in [0.15, 0.2) is 18.3 Å². The lowest BCUT2D eigenvalue weighted by Gasteiger charge is -2.06. The molecule has 0 spiro atoms. The van der Waals surface area contributed by atoms with Crippen molar-refractivity contribution in [1.29, 1.82) is 0 Å². The first-order valence-corrected chi connectivity index (χ1v) is 5.58. The molecule has 2 N–H and O–H groups in total. The van der Waals surface area contributed by atoms with Gasteiger partial charge >= 0.3 is 6.18 Å². The fraction of sp³-hybridized carbons (Fsp3) is 0.300. The lowest BCUT2D eigenvalue weighted by molar-refractivity contribution is -0.144. The molecular formula is C10H9ClF3N5. The number of rotatable bonds is 2. The predicted molar refractivity (Wildman–Crippen MR) is 61.8 cm³/mol. The van der Waals surface area contributed by atoms with Gasteiger partial charge in [-0.3, -0.25) is 0 Å². The van der Waals surface area contributed by atoms with Gasteiger partial charge in [0.25, 0.3) is 5.82 Å². The van der Waals surface area contributed by atoms with Crippen LogP contribution in [0.25, 0.3) is 5.82 Å². The molecule has 1 atom stereocenters. The summed E-state index contributed by atoms with van der Waals surface area (Å²) in [7, 11) is 0. The molecule has 2 heterocycles. The van der Waals surface area contributed by atoms with Crippen LogP contribution in [0.4, 0.5) is 13.2 Å². The Hall–Kier alpha value is -1.67. The van der Waals surface area contributed by atoms with E-state index in [1.807, 2.05) is 0 Å². The Morgan fingerprint density at radius 3 is 2.53 bits per heavy atom. The minimum Gasteiger partial charge on any atom is -0.322 e. The van der Waals surface area contributed by atoms with Crippen molar-refractivity contribution in [2.75, 3.05) is 0 Å². The summed E-state index contributed by atoms with van der Waals surface area (Å²) in [5.74, 6) is -1.11. The molecule has 0 saturated heterocycles. The quantitative estimate of drug-likeness (QED) is 0.922.